The molecular formula is C18H22BrN3O2. The van der Waals surface area contributed by atoms with Gasteiger partial charge in [0, 0.05) is 36.1 Å². The minimum absolute atomic E-state index is 0.185. The van der Waals surface area contributed by atoms with Gasteiger partial charge in [-0.05, 0) is 43.2 Å². The number of aromatic nitrogens is 1. The predicted molar refractivity (Wildman–Crippen MR) is 99.2 cm³/mol. The Labute approximate surface area is 150 Å². The maximum Gasteiger partial charge on any atom is 0.224 e. The van der Waals surface area contributed by atoms with Gasteiger partial charge in [-0.1, -0.05) is 15.9 Å². The van der Waals surface area contributed by atoms with Gasteiger partial charge in [-0.25, -0.2) is 4.98 Å². The Morgan fingerprint density at radius 1 is 1.33 bits per heavy atom. The lowest BCUT2D eigenvalue weighted by Crippen LogP contribution is -2.42. The summed E-state index contributed by atoms with van der Waals surface area (Å²) >= 11 is 3.48. The minimum atomic E-state index is 0.185. The van der Waals surface area contributed by atoms with Crippen LogP contribution in [0.4, 0.5) is 5.82 Å². The van der Waals surface area contributed by atoms with E-state index in [2.05, 4.69) is 38.4 Å². The zero-order chi connectivity index (χ0) is 16.9. The van der Waals surface area contributed by atoms with E-state index in [-0.39, 0.29) is 5.91 Å². The van der Waals surface area contributed by atoms with Gasteiger partial charge in [0.25, 0.3) is 0 Å². The minimum Gasteiger partial charge on any atom is -0.384 e. The smallest absolute Gasteiger partial charge is 0.224 e. The van der Waals surface area contributed by atoms with E-state index < -0.39 is 0 Å². The molecule has 0 aliphatic carbocycles. The summed E-state index contributed by atoms with van der Waals surface area (Å²) in [6.07, 6.45) is 2.36. The van der Waals surface area contributed by atoms with Crippen LogP contribution in [0.2, 0.25) is 0 Å². The molecular weight excluding hydrogens is 370 g/mol. The molecule has 1 aliphatic heterocycles. The molecule has 0 unspecified atom stereocenters. The highest BCUT2D eigenvalue weighted by Gasteiger charge is 2.22. The van der Waals surface area contributed by atoms with E-state index in [9.17, 15) is 4.79 Å². The van der Waals surface area contributed by atoms with Crippen LogP contribution >= 0.6 is 15.9 Å². The zero-order valence-electron chi connectivity index (χ0n) is 13.8. The molecule has 3 rings (SSSR count). The van der Waals surface area contributed by atoms with Gasteiger partial charge in [0.05, 0.1) is 18.5 Å². The number of halogens is 1. The molecule has 0 bridgehead atoms. The lowest BCUT2D eigenvalue weighted by molar-refractivity contribution is -0.133. The molecule has 1 aromatic carbocycles. The Bertz CT molecular complexity index is 714. The molecule has 1 fully saturated rings. The molecule has 1 N–H and O–H groups in total. The predicted octanol–water partition coefficient (Wildman–Crippen LogP) is 3.44. The fourth-order valence-corrected chi connectivity index (χ4v) is 3.39. The van der Waals surface area contributed by atoms with Crippen molar-refractivity contribution in [3.05, 3.63) is 34.8 Å². The van der Waals surface area contributed by atoms with Crippen LogP contribution in [0, 0.1) is 0 Å². The number of likely N-dealkylation sites (tertiary alicyclic amines) is 1. The molecule has 128 valence electrons. The number of ether oxygens (including phenoxy) is 1. The molecule has 2 aromatic rings. The Kier molecular flexibility index (Phi) is 5.68. The summed E-state index contributed by atoms with van der Waals surface area (Å²) in [5.74, 6) is 1.08. The summed E-state index contributed by atoms with van der Waals surface area (Å²) in [5, 5.41) is 4.62. The molecule has 0 radical (unpaired) electrons. The Morgan fingerprint density at radius 2 is 2.12 bits per heavy atom. The molecule has 0 atom stereocenters. The standard InChI is InChI=1S/C18H22BrN3O2/c1-24-11-8-18(23)22-9-6-15(7-10-22)20-17-5-2-13-12-14(19)3-4-16(13)21-17/h2-5,12,15H,6-11H2,1H3,(H,20,21). The van der Waals surface area contributed by atoms with Gasteiger partial charge in [-0.2, -0.15) is 0 Å². The second kappa shape index (κ2) is 7.94. The molecule has 5 nitrogen and oxygen atoms in total. The van der Waals surface area contributed by atoms with E-state index in [4.69, 9.17) is 4.74 Å². The molecule has 2 heterocycles. The molecule has 6 heteroatoms. The first kappa shape index (κ1) is 17.2. The van der Waals surface area contributed by atoms with Gasteiger partial charge in [0.15, 0.2) is 0 Å². The number of benzene rings is 1. The monoisotopic (exact) mass is 391 g/mol. The average molecular weight is 392 g/mol. The fraction of sp³-hybridized carbons (Fsp3) is 0.444. The Balaban J connectivity index is 1.56. The van der Waals surface area contributed by atoms with Crippen molar-refractivity contribution < 1.29 is 9.53 Å². The average Bonchev–Trinajstić information content (AvgIpc) is 2.60. The Hall–Kier alpha value is -1.66. The number of fused-ring (bicyclic) bond motifs is 1. The SMILES string of the molecule is COCCC(=O)N1CCC(Nc2ccc3cc(Br)ccc3n2)CC1. The van der Waals surface area contributed by atoms with E-state index in [0.717, 1.165) is 47.1 Å². The summed E-state index contributed by atoms with van der Waals surface area (Å²) in [4.78, 5) is 18.6. The van der Waals surface area contributed by atoms with Gasteiger partial charge in [0.2, 0.25) is 5.91 Å². The van der Waals surface area contributed by atoms with E-state index in [0.29, 0.717) is 19.1 Å². The maximum absolute atomic E-state index is 12.0. The lowest BCUT2D eigenvalue weighted by Gasteiger charge is -2.32. The van der Waals surface area contributed by atoms with Crippen LogP contribution in [0.15, 0.2) is 34.8 Å². The number of hydrogen-bond donors (Lipinski definition) is 1. The van der Waals surface area contributed by atoms with Gasteiger partial charge < -0.3 is 15.0 Å². The molecule has 1 aliphatic rings. The number of methoxy groups -OCH3 is 1. The van der Waals surface area contributed by atoms with Crippen molar-refractivity contribution in [3.63, 3.8) is 0 Å². The number of hydrogen-bond acceptors (Lipinski definition) is 4. The summed E-state index contributed by atoms with van der Waals surface area (Å²) in [7, 11) is 1.62. The van der Waals surface area contributed by atoms with Crippen LogP contribution in [0.5, 0.6) is 0 Å². The largest absolute Gasteiger partial charge is 0.384 e. The van der Waals surface area contributed by atoms with Crippen LogP contribution in [-0.4, -0.2) is 48.6 Å². The number of rotatable bonds is 5. The molecule has 24 heavy (non-hydrogen) atoms. The van der Waals surface area contributed by atoms with E-state index in [1.54, 1.807) is 7.11 Å². The maximum atomic E-state index is 12.0. The van der Waals surface area contributed by atoms with Crippen LogP contribution in [-0.2, 0) is 9.53 Å². The lowest BCUT2D eigenvalue weighted by atomic mass is 10.0. The first-order valence-corrected chi connectivity index (χ1v) is 9.04. The van der Waals surface area contributed by atoms with Crippen molar-refractivity contribution in [1.29, 1.82) is 0 Å². The molecule has 0 saturated carbocycles. The van der Waals surface area contributed by atoms with Crippen LogP contribution < -0.4 is 5.32 Å². The number of nitrogens with one attached hydrogen (secondary N) is 1. The summed E-state index contributed by atoms with van der Waals surface area (Å²) in [5.41, 5.74) is 0.982. The third kappa shape index (κ3) is 4.24. The highest BCUT2D eigenvalue weighted by molar-refractivity contribution is 9.10. The number of anilines is 1. The summed E-state index contributed by atoms with van der Waals surface area (Å²) < 4.78 is 6.03. The van der Waals surface area contributed by atoms with Crippen LogP contribution in [0.3, 0.4) is 0 Å². The number of pyridine rings is 1. The molecule has 1 amide bonds. The third-order valence-corrected chi connectivity index (χ3v) is 4.86. The van der Waals surface area contributed by atoms with Gasteiger partial charge in [-0.3, -0.25) is 4.79 Å². The zero-order valence-corrected chi connectivity index (χ0v) is 15.4. The first-order valence-electron chi connectivity index (χ1n) is 8.25. The van der Waals surface area contributed by atoms with E-state index >= 15 is 0 Å². The normalized spacial score (nSPS) is 15.7. The van der Waals surface area contributed by atoms with Crippen molar-refractivity contribution in [2.24, 2.45) is 0 Å². The van der Waals surface area contributed by atoms with E-state index in [1.807, 2.05) is 23.1 Å². The van der Waals surface area contributed by atoms with Crippen molar-refractivity contribution in [1.82, 2.24) is 9.88 Å². The summed E-state index contributed by atoms with van der Waals surface area (Å²) in [6.45, 7) is 2.08. The Morgan fingerprint density at radius 3 is 2.88 bits per heavy atom. The van der Waals surface area contributed by atoms with E-state index in [1.165, 1.54) is 0 Å². The number of nitrogens with zero attached hydrogens (tertiary/aromatic N) is 2. The molecule has 0 spiro atoms. The molecule has 1 aromatic heterocycles. The summed E-state index contributed by atoms with van der Waals surface area (Å²) in [6, 6.07) is 10.5. The first-order chi connectivity index (χ1) is 11.7. The van der Waals surface area contributed by atoms with Crippen molar-refractivity contribution in [3.8, 4) is 0 Å². The number of piperidine rings is 1. The molecule has 1 saturated heterocycles. The van der Waals surface area contributed by atoms with Crippen LogP contribution in [0.25, 0.3) is 10.9 Å². The number of carbonyl (C=O) groups is 1. The van der Waals surface area contributed by atoms with Crippen molar-refractivity contribution in [2.45, 2.75) is 25.3 Å². The van der Waals surface area contributed by atoms with Crippen molar-refractivity contribution in [2.75, 3.05) is 32.1 Å². The second-order valence-corrected chi connectivity index (χ2v) is 6.99. The van der Waals surface area contributed by atoms with Gasteiger partial charge in [0.1, 0.15) is 5.82 Å². The van der Waals surface area contributed by atoms with Gasteiger partial charge in [-0.15, -0.1) is 0 Å². The highest BCUT2D eigenvalue weighted by atomic mass is 79.9. The third-order valence-electron chi connectivity index (χ3n) is 4.37. The topological polar surface area (TPSA) is 54.5 Å². The van der Waals surface area contributed by atoms with Crippen LogP contribution in [0.1, 0.15) is 19.3 Å². The fourth-order valence-electron chi connectivity index (χ4n) is 3.01. The van der Waals surface area contributed by atoms with Crippen molar-refractivity contribution >= 4 is 38.6 Å². The quantitative estimate of drug-likeness (QED) is 0.847. The number of carbonyl (C=O) groups excluding carboxylic acids is 1. The highest BCUT2D eigenvalue weighted by Crippen LogP contribution is 2.22. The second-order valence-electron chi connectivity index (χ2n) is 6.08. The number of amides is 1. The van der Waals surface area contributed by atoms with Gasteiger partial charge >= 0.3 is 0 Å².